The van der Waals surface area contributed by atoms with Crippen molar-refractivity contribution in [1.82, 2.24) is 15.2 Å². The van der Waals surface area contributed by atoms with E-state index in [0.717, 1.165) is 21.5 Å². The Hall–Kier alpha value is -2.01. The Bertz CT molecular complexity index is 647. The van der Waals surface area contributed by atoms with Crippen LogP contribution in [0, 0.1) is 0 Å². The van der Waals surface area contributed by atoms with Crippen LogP contribution in [0.4, 0.5) is 5.13 Å². The maximum Gasteiger partial charge on any atom is 0.203 e. The molecule has 0 fully saturated rings. The Kier molecular flexibility index (Phi) is 2.04. The maximum absolute atomic E-state index is 5.56. The van der Waals surface area contributed by atoms with Gasteiger partial charge in [-0.15, -0.1) is 10.2 Å². The Morgan fingerprint density at radius 3 is 2.88 bits per heavy atom. The molecule has 0 spiro atoms. The molecule has 3 aromatic rings. The first kappa shape index (κ1) is 9.23. The molecule has 0 aliphatic rings. The van der Waals surface area contributed by atoms with E-state index < -0.39 is 0 Å². The molecule has 2 heterocycles. The third-order valence-electron chi connectivity index (χ3n) is 2.29. The van der Waals surface area contributed by atoms with Crippen molar-refractivity contribution in [2.75, 3.05) is 5.73 Å². The number of nitrogens with two attached hydrogens (primary N) is 1. The first-order valence-corrected chi connectivity index (χ1v) is 5.59. The van der Waals surface area contributed by atoms with Crippen molar-refractivity contribution in [1.29, 1.82) is 0 Å². The standard InChI is InChI=1S/C11H8N4S/c12-11-15-14-10(16-11)8-3-4-9-7(6-8)2-1-5-13-9/h1-6H,(H2,12,15). The fraction of sp³-hybridized carbons (Fsp3) is 0. The minimum absolute atomic E-state index is 0.487. The maximum atomic E-state index is 5.56. The molecule has 78 valence electrons. The van der Waals surface area contributed by atoms with Gasteiger partial charge in [-0.3, -0.25) is 4.98 Å². The van der Waals surface area contributed by atoms with Crippen molar-refractivity contribution in [2.24, 2.45) is 0 Å². The zero-order valence-electron chi connectivity index (χ0n) is 8.29. The van der Waals surface area contributed by atoms with Crippen LogP contribution >= 0.6 is 11.3 Å². The molecule has 1 aromatic carbocycles. The van der Waals surface area contributed by atoms with Crippen LogP contribution < -0.4 is 5.73 Å². The summed E-state index contributed by atoms with van der Waals surface area (Å²) in [4.78, 5) is 4.26. The third-order valence-corrected chi connectivity index (χ3v) is 3.09. The van der Waals surface area contributed by atoms with Gasteiger partial charge in [0.25, 0.3) is 0 Å². The molecular formula is C11H8N4S. The predicted molar refractivity (Wildman–Crippen MR) is 65.1 cm³/mol. The molecule has 0 atom stereocenters. The molecule has 2 N–H and O–H groups in total. The predicted octanol–water partition coefficient (Wildman–Crippen LogP) is 2.34. The van der Waals surface area contributed by atoms with E-state index in [-0.39, 0.29) is 0 Å². The molecule has 4 nitrogen and oxygen atoms in total. The lowest BCUT2D eigenvalue weighted by atomic mass is 10.1. The number of fused-ring (bicyclic) bond motifs is 1. The molecule has 0 aliphatic heterocycles. The van der Waals surface area contributed by atoms with E-state index in [1.54, 1.807) is 6.20 Å². The molecule has 0 amide bonds. The summed E-state index contributed by atoms with van der Waals surface area (Å²) < 4.78 is 0. The van der Waals surface area contributed by atoms with Gasteiger partial charge in [-0.2, -0.15) is 0 Å². The number of nitrogens with zero attached hydrogens (tertiary/aromatic N) is 3. The third kappa shape index (κ3) is 1.51. The van der Waals surface area contributed by atoms with Gasteiger partial charge in [-0.25, -0.2) is 0 Å². The average Bonchev–Trinajstić information content (AvgIpc) is 2.75. The van der Waals surface area contributed by atoms with Crippen LogP contribution in [0.2, 0.25) is 0 Å². The molecular weight excluding hydrogens is 220 g/mol. The second-order valence-corrected chi connectivity index (χ2v) is 4.37. The van der Waals surface area contributed by atoms with Gasteiger partial charge in [-0.05, 0) is 24.3 Å². The highest BCUT2D eigenvalue weighted by atomic mass is 32.1. The highest BCUT2D eigenvalue weighted by Gasteiger charge is 2.05. The van der Waals surface area contributed by atoms with Crippen molar-refractivity contribution in [3.63, 3.8) is 0 Å². The van der Waals surface area contributed by atoms with Gasteiger partial charge in [0, 0.05) is 17.1 Å². The van der Waals surface area contributed by atoms with E-state index >= 15 is 0 Å². The van der Waals surface area contributed by atoms with Crippen molar-refractivity contribution in [3.8, 4) is 10.6 Å². The highest BCUT2D eigenvalue weighted by Crippen LogP contribution is 2.26. The highest BCUT2D eigenvalue weighted by molar-refractivity contribution is 7.18. The lowest BCUT2D eigenvalue weighted by Crippen LogP contribution is -1.81. The molecule has 5 heteroatoms. The fourth-order valence-electron chi connectivity index (χ4n) is 1.56. The van der Waals surface area contributed by atoms with Gasteiger partial charge in [0.15, 0.2) is 0 Å². The lowest BCUT2D eigenvalue weighted by Gasteiger charge is -1.98. The first-order chi connectivity index (χ1) is 7.83. The molecule has 0 saturated heterocycles. The number of anilines is 1. The second kappa shape index (κ2) is 3.53. The van der Waals surface area contributed by atoms with Gasteiger partial charge in [0.1, 0.15) is 5.01 Å². The van der Waals surface area contributed by atoms with Gasteiger partial charge >= 0.3 is 0 Å². The van der Waals surface area contributed by atoms with E-state index in [1.165, 1.54) is 11.3 Å². The molecule has 0 unspecified atom stereocenters. The van der Waals surface area contributed by atoms with Crippen LogP contribution in [0.1, 0.15) is 0 Å². The Labute approximate surface area is 95.8 Å². The monoisotopic (exact) mass is 228 g/mol. The first-order valence-electron chi connectivity index (χ1n) is 4.77. The number of benzene rings is 1. The summed E-state index contributed by atoms with van der Waals surface area (Å²) in [5, 5.41) is 10.2. The number of hydrogen-bond acceptors (Lipinski definition) is 5. The van der Waals surface area contributed by atoms with Gasteiger partial charge < -0.3 is 5.73 Å². The van der Waals surface area contributed by atoms with E-state index in [0.29, 0.717) is 5.13 Å². The molecule has 0 bridgehead atoms. The number of nitrogen functional groups attached to an aromatic ring is 1. The Balaban J connectivity index is 2.18. The second-order valence-electron chi connectivity index (χ2n) is 3.36. The zero-order valence-corrected chi connectivity index (χ0v) is 9.11. The molecule has 0 saturated carbocycles. The summed E-state index contributed by atoms with van der Waals surface area (Å²) in [5.74, 6) is 0. The summed E-state index contributed by atoms with van der Waals surface area (Å²) in [6.07, 6.45) is 1.78. The van der Waals surface area contributed by atoms with Crippen LogP contribution in [0.5, 0.6) is 0 Å². The smallest absolute Gasteiger partial charge is 0.203 e. The van der Waals surface area contributed by atoms with Gasteiger partial charge in [0.2, 0.25) is 5.13 Å². The summed E-state index contributed by atoms with van der Waals surface area (Å²) in [6, 6.07) is 9.94. The van der Waals surface area contributed by atoms with E-state index in [2.05, 4.69) is 15.2 Å². The van der Waals surface area contributed by atoms with E-state index in [1.807, 2.05) is 30.3 Å². The van der Waals surface area contributed by atoms with E-state index in [9.17, 15) is 0 Å². The van der Waals surface area contributed by atoms with Crippen LogP contribution in [-0.4, -0.2) is 15.2 Å². The van der Waals surface area contributed by atoms with Crippen LogP contribution in [0.3, 0.4) is 0 Å². The topological polar surface area (TPSA) is 64.7 Å². The van der Waals surface area contributed by atoms with Crippen molar-refractivity contribution in [3.05, 3.63) is 36.5 Å². The van der Waals surface area contributed by atoms with Crippen molar-refractivity contribution in [2.45, 2.75) is 0 Å². The number of hydrogen-bond donors (Lipinski definition) is 1. The molecule has 2 aromatic heterocycles. The van der Waals surface area contributed by atoms with Crippen molar-refractivity contribution < 1.29 is 0 Å². The lowest BCUT2D eigenvalue weighted by molar-refractivity contribution is 1.10. The normalized spacial score (nSPS) is 10.8. The molecule has 0 radical (unpaired) electrons. The fourth-order valence-corrected chi connectivity index (χ4v) is 2.17. The average molecular weight is 228 g/mol. The van der Waals surface area contributed by atoms with E-state index in [4.69, 9.17) is 5.73 Å². The molecule has 16 heavy (non-hydrogen) atoms. The minimum atomic E-state index is 0.487. The van der Waals surface area contributed by atoms with Crippen molar-refractivity contribution >= 4 is 27.4 Å². The van der Waals surface area contributed by atoms with Gasteiger partial charge in [-0.1, -0.05) is 17.4 Å². The summed E-state index contributed by atoms with van der Waals surface area (Å²) in [7, 11) is 0. The number of aromatic nitrogens is 3. The number of pyridine rings is 1. The van der Waals surface area contributed by atoms with Crippen LogP contribution in [0.15, 0.2) is 36.5 Å². The Morgan fingerprint density at radius 2 is 2.06 bits per heavy atom. The minimum Gasteiger partial charge on any atom is -0.374 e. The number of rotatable bonds is 1. The van der Waals surface area contributed by atoms with Crippen LogP contribution in [-0.2, 0) is 0 Å². The summed E-state index contributed by atoms with van der Waals surface area (Å²) in [5.41, 5.74) is 7.56. The molecule has 3 rings (SSSR count). The quantitative estimate of drug-likeness (QED) is 0.694. The zero-order chi connectivity index (χ0) is 11.0. The summed E-state index contributed by atoms with van der Waals surface area (Å²) >= 11 is 1.38. The largest absolute Gasteiger partial charge is 0.374 e. The summed E-state index contributed by atoms with van der Waals surface area (Å²) in [6.45, 7) is 0. The molecule has 0 aliphatic carbocycles. The SMILES string of the molecule is Nc1nnc(-c2ccc3ncccc3c2)s1. The van der Waals surface area contributed by atoms with Crippen LogP contribution in [0.25, 0.3) is 21.5 Å². The Morgan fingerprint density at radius 1 is 1.12 bits per heavy atom. The van der Waals surface area contributed by atoms with Gasteiger partial charge in [0.05, 0.1) is 5.52 Å².